The Kier molecular flexibility index (Phi) is 6.10. The zero-order valence-corrected chi connectivity index (χ0v) is 15.4. The summed E-state index contributed by atoms with van der Waals surface area (Å²) in [5.41, 5.74) is 1.87. The Hall–Kier alpha value is -2.46. The average Bonchev–Trinajstić information content (AvgIpc) is 2.58. The van der Waals surface area contributed by atoms with Gasteiger partial charge in [-0.3, -0.25) is 4.79 Å². The molecule has 0 aliphatic carbocycles. The summed E-state index contributed by atoms with van der Waals surface area (Å²) in [6.45, 7) is 5.39. The molecule has 0 spiro atoms. The predicted octanol–water partition coefficient (Wildman–Crippen LogP) is 3.42. The summed E-state index contributed by atoms with van der Waals surface area (Å²) in [6.07, 6.45) is 0. The van der Waals surface area contributed by atoms with E-state index in [1.54, 1.807) is 37.9 Å². The van der Waals surface area contributed by atoms with Crippen molar-refractivity contribution in [1.82, 2.24) is 14.9 Å². The first-order valence-corrected chi connectivity index (χ1v) is 8.71. The number of thioether (sulfide) groups is 1. The molecule has 0 N–H and O–H groups in total. The zero-order valence-electron chi connectivity index (χ0n) is 14.6. The summed E-state index contributed by atoms with van der Waals surface area (Å²) in [7, 11) is 1.71. The van der Waals surface area contributed by atoms with Gasteiger partial charge in [-0.1, -0.05) is 23.9 Å². The van der Waals surface area contributed by atoms with Crippen molar-refractivity contribution in [3.05, 3.63) is 52.7 Å². The van der Waals surface area contributed by atoms with Gasteiger partial charge in [-0.2, -0.15) is 5.26 Å². The van der Waals surface area contributed by atoms with E-state index >= 15 is 0 Å². The number of hydrogen-bond acceptors (Lipinski definition) is 5. The van der Waals surface area contributed by atoms with Crippen LogP contribution in [0.2, 0.25) is 0 Å². The Morgan fingerprint density at radius 1 is 1.32 bits per heavy atom. The highest BCUT2D eigenvalue weighted by Gasteiger charge is 2.19. The van der Waals surface area contributed by atoms with Crippen LogP contribution in [0, 0.1) is 31.0 Å². The fourth-order valence-electron chi connectivity index (χ4n) is 2.33. The summed E-state index contributed by atoms with van der Waals surface area (Å²) in [6, 6.07) is 8.01. The Morgan fingerprint density at radius 3 is 2.56 bits per heavy atom. The molecule has 1 heterocycles. The van der Waals surface area contributed by atoms with Crippen molar-refractivity contribution >= 4 is 17.7 Å². The lowest BCUT2D eigenvalue weighted by atomic mass is 10.1. The molecular formula is C18H19FN4OS. The maximum absolute atomic E-state index is 13.0. The number of amides is 1. The first kappa shape index (κ1) is 18.9. The quantitative estimate of drug-likeness (QED) is 0.605. The number of aromatic nitrogens is 2. The van der Waals surface area contributed by atoms with Crippen LogP contribution in [0.25, 0.3) is 0 Å². The van der Waals surface area contributed by atoms with Crippen LogP contribution in [0.4, 0.5) is 4.39 Å². The molecule has 1 atom stereocenters. The summed E-state index contributed by atoms with van der Waals surface area (Å²) >= 11 is 1.23. The van der Waals surface area contributed by atoms with E-state index < -0.39 is 0 Å². The number of halogens is 1. The van der Waals surface area contributed by atoms with Crippen LogP contribution in [0.15, 0.2) is 29.3 Å². The number of nitriles is 1. The maximum atomic E-state index is 13.0. The number of aryl methyl sites for hydroxylation is 2. The van der Waals surface area contributed by atoms with E-state index in [1.807, 2.05) is 6.92 Å². The number of carbonyl (C=O) groups excluding carboxylic acids is 1. The lowest BCUT2D eigenvalue weighted by molar-refractivity contribution is -0.128. The second-order valence-electron chi connectivity index (χ2n) is 5.67. The second kappa shape index (κ2) is 8.08. The summed E-state index contributed by atoms with van der Waals surface area (Å²) in [5, 5.41) is 9.77. The molecule has 1 aromatic heterocycles. The Labute approximate surface area is 150 Å². The zero-order chi connectivity index (χ0) is 18.6. The van der Waals surface area contributed by atoms with Gasteiger partial charge in [-0.15, -0.1) is 0 Å². The highest BCUT2D eigenvalue weighted by molar-refractivity contribution is 8.00. The molecule has 2 aromatic rings. The van der Waals surface area contributed by atoms with Crippen molar-refractivity contribution in [2.45, 2.75) is 31.8 Å². The van der Waals surface area contributed by atoms with Gasteiger partial charge in [0.2, 0.25) is 5.91 Å². The van der Waals surface area contributed by atoms with Crippen LogP contribution in [0.3, 0.4) is 0 Å². The minimum Gasteiger partial charge on any atom is -0.338 e. The third-order valence-electron chi connectivity index (χ3n) is 3.94. The van der Waals surface area contributed by atoms with E-state index in [1.165, 1.54) is 23.9 Å². The van der Waals surface area contributed by atoms with Gasteiger partial charge < -0.3 is 4.90 Å². The van der Waals surface area contributed by atoms with E-state index in [-0.39, 0.29) is 23.5 Å². The third-order valence-corrected chi connectivity index (χ3v) is 4.90. The topological polar surface area (TPSA) is 69.9 Å². The molecule has 0 saturated heterocycles. The van der Waals surface area contributed by atoms with Crippen molar-refractivity contribution in [2.24, 2.45) is 0 Å². The van der Waals surface area contributed by atoms with Crippen LogP contribution in [0.5, 0.6) is 0 Å². The second-order valence-corrected chi connectivity index (χ2v) is 6.63. The molecule has 130 valence electrons. The average molecular weight is 358 g/mol. The van der Waals surface area contributed by atoms with Gasteiger partial charge in [0.15, 0.2) is 0 Å². The molecule has 0 bridgehead atoms. The van der Waals surface area contributed by atoms with Crippen LogP contribution in [0.1, 0.15) is 35.6 Å². The smallest absolute Gasteiger partial charge is 0.233 e. The van der Waals surface area contributed by atoms with E-state index in [4.69, 9.17) is 0 Å². The molecule has 0 fully saturated rings. The standard InChI is InChI=1S/C18H19FN4OS/c1-11-16(9-20)18(22-13(3)21-11)25-10-17(24)23(4)12(2)14-5-7-15(19)8-6-14/h5-8,12H,10H2,1-4H3/t12-/m1/s1. The number of benzene rings is 1. The fraction of sp³-hybridized carbons (Fsp3) is 0.333. The van der Waals surface area contributed by atoms with Crippen LogP contribution >= 0.6 is 11.8 Å². The number of rotatable bonds is 5. The minimum absolute atomic E-state index is 0.0976. The predicted molar refractivity (Wildman–Crippen MR) is 94.5 cm³/mol. The molecule has 0 unspecified atom stereocenters. The summed E-state index contributed by atoms with van der Waals surface area (Å²) in [5.74, 6) is 0.324. The molecule has 0 saturated carbocycles. The van der Waals surface area contributed by atoms with Gasteiger partial charge in [-0.05, 0) is 38.5 Å². The molecule has 1 aromatic carbocycles. The number of hydrogen-bond donors (Lipinski definition) is 0. The van der Waals surface area contributed by atoms with Gasteiger partial charge >= 0.3 is 0 Å². The normalized spacial score (nSPS) is 11.7. The van der Waals surface area contributed by atoms with Gasteiger partial charge in [0.25, 0.3) is 0 Å². The third kappa shape index (κ3) is 4.54. The Bertz CT molecular complexity index is 817. The molecule has 1 amide bonds. The van der Waals surface area contributed by atoms with E-state index in [2.05, 4.69) is 16.0 Å². The largest absolute Gasteiger partial charge is 0.338 e. The van der Waals surface area contributed by atoms with Gasteiger partial charge in [-0.25, -0.2) is 14.4 Å². The first-order chi connectivity index (χ1) is 11.8. The maximum Gasteiger partial charge on any atom is 0.233 e. The number of carbonyl (C=O) groups is 1. The van der Waals surface area contributed by atoms with E-state index in [0.29, 0.717) is 22.1 Å². The SMILES string of the molecule is Cc1nc(C)c(C#N)c(SCC(=O)N(C)[C@H](C)c2ccc(F)cc2)n1. The Morgan fingerprint density at radius 2 is 1.96 bits per heavy atom. The molecule has 0 aliphatic heterocycles. The van der Waals surface area contributed by atoms with Crippen LogP contribution < -0.4 is 0 Å². The van der Waals surface area contributed by atoms with Crippen molar-refractivity contribution < 1.29 is 9.18 Å². The lowest BCUT2D eigenvalue weighted by Gasteiger charge is -2.25. The van der Waals surface area contributed by atoms with Gasteiger partial charge in [0.1, 0.15) is 28.3 Å². The van der Waals surface area contributed by atoms with Crippen LogP contribution in [-0.4, -0.2) is 33.6 Å². The van der Waals surface area contributed by atoms with Crippen LogP contribution in [-0.2, 0) is 4.79 Å². The van der Waals surface area contributed by atoms with Crippen molar-refractivity contribution in [1.29, 1.82) is 5.26 Å². The van der Waals surface area contributed by atoms with Gasteiger partial charge in [0, 0.05) is 7.05 Å². The summed E-state index contributed by atoms with van der Waals surface area (Å²) < 4.78 is 13.0. The molecule has 7 heteroatoms. The summed E-state index contributed by atoms with van der Waals surface area (Å²) in [4.78, 5) is 22.5. The van der Waals surface area contributed by atoms with Crippen molar-refractivity contribution in [2.75, 3.05) is 12.8 Å². The molecule has 0 radical (unpaired) electrons. The van der Waals surface area contributed by atoms with Crippen molar-refractivity contribution in [3.63, 3.8) is 0 Å². The molecule has 0 aliphatic rings. The minimum atomic E-state index is -0.306. The van der Waals surface area contributed by atoms with Gasteiger partial charge in [0.05, 0.1) is 17.5 Å². The van der Waals surface area contributed by atoms with Crippen molar-refractivity contribution in [3.8, 4) is 6.07 Å². The Balaban J connectivity index is 2.07. The number of nitrogens with zero attached hydrogens (tertiary/aromatic N) is 4. The lowest BCUT2D eigenvalue weighted by Crippen LogP contribution is -2.31. The molecule has 5 nitrogen and oxygen atoms in total. The highest BCUT2D eigenvalue weighted by Crippen LogP contribution is 2.24. The van der Waals surface area contributed by atoms with E-state index in [9.17, 15) is 14.4 Å². The monoisotopic (exact) mass is 358 g/mol. The molecular weight excluding hydrogens is 339 g/mol. The molecule has 2 rings (SSSR count). The fourth-order valence-corrected chi connectivity index (χ4v) is 3.33. The van der Waals surface area contributed by atoms with E-state index in [0.717, 1.165) is 5.56 Å². The molecule has 25 heavy (non-hydrogen) atoms. The highest BCUT2D eigenvalue weighted by atomic mass is 32.2. The first-order valence-electron chi connectivity index (χ1n) is 7.72.